The fourth-order valence-electron chi connectivity index (χ4n) is 2.93. The van der Waals surface area contributed by atoms with Gasteiger partial charge in [-0.05, 0) is 20.3 Å². The Bertz CT molecular complexity index is 754. The molecule has 0 saturated carbocycles. The summed E-state index contributed by atoms with van der Waals surface area (Å²) in [6.45, 7) is 10.3. The molecule has 0 spiro atoms. The molecule has 2 aromatic rings. The van der Waals surface area contributed by atoms with Gasteiger partial charge < -0.3 is 15.2 Å². The minimum Gasteiger partial charge on any atom is -0.357 e. The second-order valence-corrected chi connectivity index (χ2v) is 6.85. The van der Waals surface area contributed by atoms with Gasteiger partial charge in [0.2, 0.25) is 5.89 Å². The summed E-state index contributed by atoms with van der Waals surface area (Å²) in [7, 11) is 0. The molecule has 1 unspecified atom stereocenters. The summed E-state index contributed by atoms with van der Waals surface area (Å²) < 4.78 is 7.26. The van der Waals surface area contributed by atoms with Gasteiger partial charge in [-0.1, -0.05) is 19.0 Å². The molecule has 10 heteroatoms. The number of aryl methyl sites for hydroxylation is 2. The maximum Gasteiger partial charge on any atom is 0.228 e. The first kappa shape index (κ1) is 21.6. The quantitative estimate of drug-likeness (QED) is 0.363. The lowest BCUT2D eigenvalue weighted by molar-refractivity contribution is 0.372. The van der Waals surface area contributed by atoms with E-state index in [9.17, 15) is 0 Å². The van der Waals surface area contributed by atoms with Crippen molar-refractivity contribution in [3.63, 3.8) is 0 Å². The molecule has 2 aromatic heterocycles. The van der Waals surface area contributed by atoms with Crippen molar-refractivity contribution in [3.8, 4) is 0 Å². The van der Waals surface area contributed by atoms with Crippen LogP contribution in [-0.4, -0.2) is 50.0 Å². The fourth-order valence-corrected chi connectivity index (χ4v) is 2.93. The second kappa shape index (κ2) is 10.00. The number of halogens is 1. The van der Waals surface area contributed by atoms with Crippen molar-refractivity contribution in [2.24, 2.45) is 4.99 Å². The lowest BCUT2D eigenvalue weighted by Crippen LogP contribution is -2.47. The summed E-state index contributed by atoms with van der Waals surface area (Å²) >= 11 is 0. The van der Waals surface area contributed by atoms with E-state index < -0.39 is 0 Å². The highest BCUT2D eigenvalue weighted by molar-refractivity contribution is 14.0. The van der Waals surface area contributed by atoms with Crippen LogP contribution in [0.15, 0.2) is 9.52 Å². The van der Waals surface area contributed by atoms with Gasteiger partial charge in [0.15, 0.2) is 11.8 Å². The molecule has 0 aliphatic carbocycles. The predicted molar refractivity (Wildman–Crippen MR) is 113 cm³/mol. The van der Waals surface area contributed by atoms with Gasteiger partial charge in [-0.2, -0.15) is 10.1 Å². The van der Waals surface area contributed by atoms with Gasteiger partial charge in [0.05, 0.1) is 13.1 Å². The second-order valence-electron chi connectivity index (χ2n) is 6.85. The summed E-state index contributed by atoms with van der Waals surface area (Å²) in [6.07, 6.45) is 2.58. The molecule has 9 nitrogen and oxygen atoms in total. The van der Waals surface area contributed by atoms with Gasteiger partial charge in [0.25, 0.3) is 0 Å². The maximum atomic E-state index is 5.27. The highest BCUT2D eigenvalue weighted by Gasteiger charge is 2.21. The molecule has 27 heavy (non-hydrogen) atoms. The minimum absolute atomic E-state index is 0. The molecule has 0 fully saturated rings. The van der Waals surface area contributed by atoms with E-state index in [0.717, 1.165) is 49.4 Å². The Morgan fingerprint density at radius 1 is 1.37 bits per heavy atom. The van der Waals surface area contributed by atoms with Gasteiger partial charge in [0.1, 0.15) is 11.6 Å². The molecule has 0 radical (unpaired) electrons. The van der Waals surface area contributed by atoms with Crippen molar-refractivity contribution in [2.75, 3.05) is 13.1 Å². The van der Waals surface area contributed by atoms with Gasteiger partial charge in [-0.15, -0.1) is 24.0 Å². The SMILES string of the molecule is CCNC(=NCCc1nc(C(C)C)no1)NC1CCc2nc(C)nn2C1.I. The van der Waals surface area contributed by atoms with Gasteiger partial charge in [-0.3, -0.25) is 4.99 Å². The third kappa shape index (κ3) is 5.88. The number of aliphatic imine (C=N–C) groups is 1. The Labute approximate surface area is 176 Å². The average Bonchev–Trinajstić information content (AvgIpc) is 3.20. The molecule has 0 bridgehead atoms. The summed E-state index contributed by atoms with van der Waals surface area (Å²) in [5, 5.41) is 15.2. The third-order valence-corrected chi connectivity index (χ3v) is 4.24. The number of nitrogens with zero attached hydrogens (tertiary/aromatic N) is 6. The Morgan fingerprint density at radius 3 is 2.89 bits per heavy atom. The van der Waals surface area contributed by atoms with E-state index in [2.05, 4.69) is 42.8 Å². The van der Waals surface area contributed by atoms with Crippen LogP contribution in [0.5, 0.6) is 0 Å². The van der Waals surface area contributed by atoms with E-state index in [-0.39, 0.29) is 35.9 Å². The third-order valence-electron chi connectivity index (χ3n) is 4.24. The molecule has 2 N–H and O–H groups in total. The predicted octanol–water partition coefficient (Wildman–Crippen LogP) is 1.82. The zero-order valence-corrected chi connectivity index (χ0v) is 18.7. The smallest absolute Gasteiger partial charge is 0.228 e. The van der Waals surface area contributed by atoms with E-state index >= 15 is 0 Å². The van der Waals surface area contributed by atoms with E-state index in [1.165, 1.54) is 0 Å². The number of rotatable bonds is 6. The van der Waals surface area contributed by atoms with Crippen molar-refractivity contribution in [2.45, 2.75) is 65.5 Å². The van der Waals surface area contributed by atoms with E-state index in [1.807, 2.05) is 25.5 Å². The molecule has 0 aromatic carbocycles. The molecule has 1 aliphatic heterocycles. The van der Waals surface area contributed by atoms with Crippen LogP contribution in [0.4, 0.5) is 0 Å². The topological polar surface area (TPSA) is 106 Å². The van der Waals surface area contributed by atoms with Crippen molar-refractivity contribution < 1.29 is 4.52 Å². The van der Waals surface area contributed by atoms with Gasteiger partial charge in [-0.25, -0.2) is 9.67 Å². The first-order valence-corrected chi connectivity index (χ1v) is 9.32. The summed E-state index contributed by atoms with van der Waals surface area (Å²) in [5.74, 6) is 4.36. The summed E-state index contributed by atoms with van der Waals surface area (Å²) in [4.78, 5) is 13.5. The Kier molecular flexibility index (Phi) is 7.99. The molecule has 150 valence electrons. The van der Waals surface area contributed by atoms with Crippen molar-refractivity contribution in [1.29, 1.82) is 0 Å². The lowest BCUT2D eigenvalue weighted by atomic mass is 10.1. The van der Waals surface area contributed by atoms with Crippen LogP contribution in [0, 0.1) is 6.92 Å². The highest BCUT2D eigenvalue weighted by atomic mass is 127. The van der Waals surface area contributed by atoms with Crippen LogP contribution in [0.3, 0.4) is 0 Å². The number of hydrogen-bond donors (Lipinski definition) is 2. The fraction of sp³-hybridized carbons (Fsp3) is 0.706. The molecular weight excluding hydrogens is 459 g/mol. The Balaban J connectivity index is 0.00000261. The summed E-state index contributed by atoms with van der Waals surface area (Å²) in [5.41, 5.74) is 0. The monoisotopic (exact) mass is 488 g/mol. The van der Waals surface area contributed by atoms with Gasteiger partial charge in [0, 0.05) is 31.3 Å². The van der Waals surface area contributed by atoms with E-state index in [0.29, 0.717) is 18.9 Å². The largest absolute Gasteiger partial charge is 0.357 e. The molecular formula is C17H29IN8O. The highest BCUT2D eigenvalue weighted by Crippen LogP contribution is 2.13. The van der Waals surface area contributed by atoms with Crippen LogP contribution in [0.1, 0.15) is 56.5 Å². The van der Waals surface area contributed by atoms with E-state index in [4.69, 9.17) is 4.52 Å². The molecule has 1 aliphatic rings. The maximum absolute atomic E-state index is 5.27. The molecule has 1 atom stereocenters. The standard InChI is InChI=1S/C17H28N8O.HI/c1-5-18-17(19-9-8-15-22-16(11(2)3)24-26-15)21-13-6-7-14-20-12(4)23-25(14)10-13;/h11,13H,5-10H2,1-4H3,(H2,18,19,21);1H. The summed E-state index contributed by atoms with van der Waals surface area (Å²) in [6, 6.07) is 0.289. The van der Waals surface area contributed by atoms with Crippen molar-refractivity contribution >= 4 is 29.9 Å². The lowest BCUT2D eigenvalue weighted by Gasteiger charge is -2.25. The number of guanidine groups is 1. The zero-order valence-electron chi connectivity index (χ0n) is 16.4. The van der Waals surface area contributed by atoms with Crippen LogP contribution in [0.25, 0.3) is 0 Å². The first-order chi connectivity index (χ1) is 12.5. The normalized spacial score (nSPS) is 16.8. The van der Waals surface area contributed by atoms with Crippen LogP contribution in [-0.2, 0) is 19.4 Å². The number of fused-ring (bicyclic) bond motifs is 1. The van der Waals surface area contributed by atoms with E-state index in [1.54, 1.807) is 0 Å². The molecule has 0 saturated heterocycles. The number of aromatic nitrogens is 5. The Morgan fingerprint density at radius 2 is 2.19 bits per heavy atom. The molecule has 0 amide bonds. The van der Waals surface area contributed by atoms with Crippen LogP contribution < -0.4 is 10.6 Å². The molecule has 3 heterocycles. The van der Waals surface area contributed by atoms with Gasteiger partial charge >= 0.3 is 0 Å². The average molecular weight is 488 g/mol. The van der Waals surface area contributed by atoms with Crippen molar-refractivity contribution in [3.05, 3.63) is 23.4 Å². The number of hydrogen-bond acceptors (Lipinski definition) is 6. The van der Waals surface area contributed by atoms with Crippen LogP contribution in [0.2, 0.25) is 0 Å². The minimum atomic E-state index is 0. The first-order valence-electron chi connectivity index (χ1n) is 9.32. The van der Waals surface area contributed by atoms with Crippen LogP contribution >= 0.6 is 24.0 Å². The number of nitrogens with one attached hydrogen (secondary N) is 2. The van der Waals surface area contributed by atoms with Crippen molar-refractivity contribution in [1.82, 2.24) is 35.5 Å². The zero-order chi connectivity index (χ0) is 18.5. The molecule has 3 rings (SSSR count). The Hall–Kier alpha value is -1.72.